The first-order valence-electron chi connectivity index (χ1n) is 8.64. The highest BCUT2D eigenvalue weighted by molar-refractivity contribution is 6.04. The number of benzene rings is 2. The molecular weight excluding hydrogens is 366 g/mol. The van der Waals surface area contributed by atoms with E-state index in [2.05, 4.69) is 15.7 Å². The highest BCUT2D eigenvalue weighted by Crippen LogP contribution is 2.38. The van der Waals surface area contributed by atoms with Crippen LogP contribution in [-0.2, 0) is 9.59 Å². The highest BCUT2D eigenvalue weighted by atomic mass is 19.2. The van der Waals surface area contributed by atoms with E-state index in [-0.39, 0.29) is 18.0 Å². The second-order valence-electron chi connectivity index (χ2n) is 6.51. The largest absolute Gasteiger partial charge is 0.326 e. The Bertz CT molecular complexity index is 1080. The topological polar surface area (TPSA) is 76.0 Å². The van der Waals surface area contributed by atoms with Gasteiger partial charge in [-0.3, -0.25) is 9.59 Å². The number of nitrogens with one attached hydrogen (secondary N) is 2. The molecular formula is C20H16F2N4O2. The molecule has 0 saturated carbocycles. The molecule has 3 aromatic rings. The molecule has 0 aliphatic carbocycles. The third-order valence-corrected chi connectivity index (χ3v) is 4.57. The van der Waals surface area contributed by atoms with Crippen LogP contribution in [-0.4, -0.2) is 21.6 Å². The number of amides is 2. The number of hydrogen-bond donors (Lipinski definition) is 2. The third kappa shape index (κ3) is 3.13. The average Bonchev–Trinajstić information content (AvgIpc) is 3.13. The second-order valence-corrected chi connectivity index (χ2v) is 6.51. The Balaban J connectivity index is 1.57. The van der Waals surface area contributed by atoms with E-state index in [0.29, 0.717) is 5.82 Å². The van der Waals surface area contributed by atoms with Gasteiger partial charge in [-0.2, -0.15) is 5.10 Å². The molecule has 8 heteroatoms. The standard InChI is InChI=1S/C20H16F2N4O2/c1-11-18(12-5-3-2-4-6-12)19-24-20(28)16(26(19)25-11)10-17(27)23-13-7-8-14(21)15(22)9-13/h2-9,16H,10H2,1H3,(H,23,27)(H,24,28). The first-order valence-corrected chi connectivity index (χ1v) is 8.64. The Kier molecular flexibility index (Phi) is 4.38. The van der Waals surface area contributed by atoms with Gasteiger partial charge in [0.05, 0.1) is 12.1 Å². The third-order valence-electron chi connectivity index (χ3n) is 4.57. The number of aromatic nitrogens is 2. The maximum Gasteiger partial charge on any atom is 0.251 e. The molecule has 28 heavy (non-hydrogen) atoms. The van der Waals surface area contributed by atoms with Crippen LogP contribution in [0.25, 0.3) is 11.1 Å². The monoisotopic (exact) mass is 382 g/mol. The predicted octanol–water partition coefficient (Wildman–Crippen LogP) is 3.66. The van der Waals surface area contributed by atoms with Crippen molar-refractivity contribution in [2.45, 2.75) is 19.4 Å². The molecule has 0 saturated heterocycles. The predicted molar refractivity (Wildman–Crippen MR) is 99.7 cm³/mol. The fourth-order valence-corrected chi connectivity index (χ4v) is 3.29. The summed E-state index contributed by atoms with van der Waals surface area (Å²) in [5.74, 6) is -2.37. The van der Waals surface area contributed by atoms with Gasteiger partial charge in [-0.25, -0.2) is 13.5 Å². The van der Waals surface area contributed by atoms with Crippen LogP contribution in [0.3, 0.4) is 0 Å². The van der Waals surface area contributed by atoms with Crippen molar-refractivity contribution in [3.8, 4) is 11.1 Å². The second kappa shape index (κ2) is 6.88. The minimum atomic E-state index is -1.06. The van der Waals surface area contributed by atoms with Crippen molar-refractivity contribution in [3.63, 3.8) is 0 Å². The summed E-state index contributed by atoms with van der Waals surface area (Å²) in [6, 6.07) is 11.8. The average molecular weight is 382 g/mol. The van der Waals surface area contributed by atoms with Crippen molar-refractivity contribution < 1.29 is 18.4 Å². The lowest BCUT2D eigenvalue weighted by molar-refractivity contribution is -0.123. The van der Waals surface area contributed by atoms with Crippen molar-refractivity contribution in [2.75, 3.05) is 10.6 Å². The molecule has 2 aromatic carbocycles. The number of fused-ring (bicyclic) bond motifs is 1. The van der Waals surface area contributed by atoms with Crippen molar-refractivity contribution >= 4 is 23.3 Å². The summed E-state index contributed by atoms with van der Waals surface area (Å²) < 4.78 is 27.8. The summed E-state index contributed by atoms with van der Waals surface area (Å²) in [5.41, 5.74) is 2.56. The first kappa shape index (κ1) is 17.8. The maximum atomic E-state index is 13.3. The van der Waals surface area contributed by atoms with Crippen LogP contribution >= 0.6 is 0 Å². The Labute approximate surface area is 159 Å². The number of carbonyl (C=O) groups is 2. The van der Waals surface area contributed by atoms with Crippen LogP contribution < -0.4 is 10.6 Å². The SMILES string of the molecule is Cc1nn2c(c1-c1ccccc1)NC(=O)C2CC(=O)Nc1ccc(F)c(F)c1. The molecule has 0 radical (unpaired) electrons. The number of halogens is 2. The van der Waals surface area contributed by atoms with Gasteiger partial charge in [0.15, 0.2) is 11.6 Å². The molecule has 2 heterocycles. The molecule has 0 fully saturated rings. The van der Waals surface area contributed by atoms with Gasteiger partial charge >= 0.3 is 0 Å². The zero-order chi connectivity index (χ0) is 19.8. The fourth-order valence-electron chi connectivity index (χ4n) is 3.29. The van der Waals surface area contributed by atoms with Gasteiger partial charge in [-0.1, -0.05) is 30.3 Å². The fraction of sp³-hybridized carbons (Fsp3) is 0.150. The number of rotatable bonds is 4. The first-order chi connectivity index (χ1) is 13.4. The highest BCUT2D eigenvalue weighted by Gasteiger charge is 2.36. The molecule has 4 rings (SSSR count). The van der Waals surface area contributed by atoms with Gasteiger partial charge in [0, 0.05) is 17.3 Å². The summed E-state index contributed by atoms with van der Waals surface area (Å²) in [7, 11) is 0. The van der Waals surface area contributed by atoms with Gasteiger partial charge < -0.3 is 10.6 Å². The van der Waals surface area contributed by atoms with Gasteiger partial charge in [0.1, 0.15) is 11.9 Å². The van der Waals surface area contributed by atoms with Crippen molar-refractivity contribution in [2.24, 2.45) is 0 Å². The summed E-state index contributed by atoms with van der Waals surface area (Å²) >= 11 is 0. The Morgan fingerprint density at radius 1 is 1.18 bits per heavy atom. The molecule has 6 nitrogen and oxygen atoms in total. The zero-order valence-corrected chi connectivity index (χ0v) is 14.9. The summed E-state index contributed by atoms with van der Waals surface area (Å²) in [5, 5.41) is 9.70. The van der Waals surface area contributed by atoms with Gasteiger partial charge in [0.25, 0.3) is 5.91 Å². The Morgan fingerprint density at radius 2 is 1.93 bits per heavy atom. The van der Waals surface area contributed by atoms with Crippen molar-refractivity contribution in [1.29, 1.82) is 0 Å². The van der Waals surface area contributed by atoms with Crippen LogP contribution in [0.1, 0.15) is 18.2 Å². The minimum Gasteiger partial charge on any atom is -0.326 e. The van der Waals surface area contributed by atoms with E-state index in [1.165, 1.54) is 10.7 Å². The molecule has 1 atom stereocenters. The van der Waals surface area contributed by atoms with Crippen LogP contribution in [0.4, 0.5) is 20.3 Å². The van der Waals surface area contributed by atoms with E-state index in [0.717, 1.165) is 29.0 Å². The lowest BCUT2D eigenvalue weighted by atomic mass is 10.1. The molecule has 0 bridgehead atoms. The van der Waals surface area contributed by atoms with E-state index in [4.69, 9.17) is 0 Å². The number of hydrogen-bond acceptors (Lipinski definition) is 3. The van der Waals surface area contributed by atoms with Gasteiger partial charge in [-0.15, -0.1) is 0 Å². The molecule has 1 aliphatic heterocycles. The molecule has 142 valence electrons. The van der Waals surface area contributed by atoms with Crippen LogP contribution in [0.5, 0.6) is 0 Å². The van der Waals surface area contributed by atoms with Crippen LogP contribution in [0.15, 0.2) is 48.5 Å². The number of aryl methyl sites for hydroxylation is 1. The number of carbonyl (C=O) groups excluding carboxylic acids is 2. The molecule has 0 spiro atoms. The summed E-state index contributed by atoms with van der Waals surface area (Å²) in [6.45, 7) is 1.83. The van der Waals surface area contributed by atoms with Gasteiger partial charge in [-0.05, 0) is 24.6 Å². The molecule has 2 amide bonds. The van der Waals surface area contributed by atoms with Crippen molar-refractivity contribution in [3.05, 3.63) is 65.9 Å². The number of nitrogens with zero attached hydrogens (tertiary/aromatic N) is 2. The Hall–Kier alpha value is -3.55. The quantitative estimate of drug-likeness (QED) is 0.723. The van der Waals surface area contributed by atoms with E-state index >= 15 is 0 Å². The minimum absolute atomic E-state index is 0.115. The van der Waals surface area contributed by atoms with E-state index < -0.39 is 23.6 Å². The summed E-state index contributed by atoms with van der Waals surface area (Å²) in [4.78, 5) is 24.7. The van der Waals surface area contributed by atoms with E-state index in [1.54, 1.807) is 0 Å². The summed E-state index contributed by atoms with van der Waals surface area (Å²) in [6.07, 6.45) is -0.187. The Morgan fingerprint density at radius 3 is 2.64 bits per heavy atom. The zero-order valence-electron chi connectivity index (χ0n) is 14.9. The smallest absolute Gasteiger partial charge is 0.251 e. The van der Waals surface area contributed by atoms with E-state index in [9.17, 15) is 18.4 Å². The molecule has 2 N–H and O–H groups in total. The lowest BCUT2D eigenvalue weighted by Gasteiger charge is -2.10. The normalized spacial score (nSPS) is 15.2. The molecule has 1 unspecified atom stereocenters. The number of anilines is 2. The van der Waals surface area contributed by atoms with Crippen LogP contribution in [0, 0.1) is 18.6 Å². The van der Waals surface area contributed by atoms with Crippen LogP contribution in [0.2, 0.25) is 0 Å². The maximum absolute atomic E-state index is 13.3. The van der Waals surface area contributed by atoms with Crippen molar-refractivity contribution in [1.82, 2.24) is 9.78 Å². The molecule has 1 aromatic heterocycles. The molecule has 1 aliphatic rings. The van der Waals surface area contributed by atoms with E-state index in [1.807, 2.05) is 37.3 Å². The van der Waals surface area contributed by atoms with Gasteiger partial charge in [0.2, 0.25) is 5.91 Å². The lowest BCUT2D eigenvalue weighted by Crippen LogP contribution is -2.23.